The Kier molecular flexibility index (Phi) is 2.65. The van der Waals surface area contributed by atoms with Gasteiger partial charge in [-0.15, -0.1) is 0 Å². The van der Waals surface area contributed by atoms with Crippen molar-refractivity contribution in [2.24, 2.45) is 11.8 Å². The Morgan fingerprint density at radius 2 is 2.40 bits per heavy atom. The highest BCUT2D eigenvalue weighted by molar-refractivity contribution is 4.80. The number of likely N-dealkylation sites (N-methyl/N-ethyl adjacent to an activating group) is 1. The molecule has 1 aliphatic rings. The molecule has 3 nitrogen and oxygen atoms in total. The number of nitrogens with zero attached hydrogens (tertiary/aromatic N) is 1. The third kappa shape index (κ3) is 1.68. The monoisotopic (exact) mass is 144 g/mol. The Hall–Kier alpha value is -0.120. The molecule has 60 valence electrons. The Labute approximate surface area is 62.1 Å². The summed E-state index contributed by atoms with van der Waals surface area (Å²) in [7, 11) is 2.12. The van der Waals surface area contributed by atoms with Gasteiger partial charge < -0.3 is 9.74 Å². The Balaban J connectivity index is 2.31. The molecule has 0 saturated carbocycles. The van der Waals surface area contributed by atoms with E-state index < -0.39 is 0 Å². The number of likely N-dealkylation sites (tertiary alicyclic amines) is 1. The van der Waals surface area contributed by atoms with Gasteiger partial charge in [0.2, 0.25) is 0 Å². The van der Waals surface area contributed by atoms with Gasteiger partial charge in [0.25, 0.3) is 0 Å². The van der Waals surface area contributed by atoms with E-state index in [0.29, 0.717) is 12.6 Å². The van der Waals surface area contributed by atoms with Crippen LogP contribution in [0.25, 0.3) is 0 Å². The maximum Gasteiger partial charge on any atom is 0.0834 e. The van der Waals surface area contributed by atoms with Crippen LogP contribution in [0.15, 0.2) is 0 Å². The molecule has 1 rings (SSSR count). The van der Waals surface area contributed by atoms with Crippen molar-refractivity contribution in [2.45, 2.75) is 19.4 Å². The van der Waals surface area contributed by atoms with E-state index >= 15 is 0 Å². The fourth-order valence-corrected chi connectivity index (χ4v) is 1.67. The van der Waals surface area contributed by atoms with Crippen LogP contribution in [0.1, 0.15) is 13.3 Å². The highest BCUT2D eigenvalue weighted by Gasteiger charge is 2.26. The van der Waals surface area contributed by atoms with Crippen LogP contribution in [0.2, 0.25) is 0 Å². The molecule has 3 heteroatoms. The van der Waals surface area contributed by atoms with Gasteiger partial charge in [-0.25, -0.2) is 5.90 Å². The van der Waals surface area contributed by atoms with Crippen molar-refractivity contribution in [3.8, 4) is 0 Å². The Bertz CT molecular complexity index is 108. The summed E-state index contributed by atoms with van der Waals surface area (Å²) in [5.74, 6) is 5.79. The molecule has 0 radical (unpaired) electrons. The fraction of sp³-hybridized carbons (Fsp3) is 1.00. The van der Waals surface area contributed by atoms with Crippen LogP contribution in [0.4, 0.5) is 0 Å². The van der Waals surface area contributed by atoms with Gasteiger partial charge in [0.05, 0.1) is 6.61 Å². The van der Waals surface area contributed by atoms with E-state index in [2.05, 4.69) is 23.7 Å². The van der Waals surface area contributed by atoms with E-state index in [0.717, 1.165) is 5.92 Å². The van der Waals surface area contributed by atoms with Crippen LogP contribution in [0, 0.1) is 5.92 Å². The first-order valence-corrected chi connectivity index (χ1v) is 3.76. The lowest BCUT2D eigenvalue weighted by Crippen LogP contribution is -2.30. The largest absolute Gasteiger partial charge is 0.303 e. The minimum absolute atomic E-state index is 0.542. The SMILES string of the molecule is C[C@H]1C[C@H](CON)N(C)C1. The van der Waals surface area contributed by atoms with E-state index in [1.807, 2.05) is 0 Å². The quantitative estimate of drug-likeness (QED) is 0.563. The lowest BCUT2D eigenvalue weighted by Gasteiger charge is -2.16. The number of hydrogen-bond acceptors (Lipinski definition) is 3. The molecule has 0 aromatic rings. The van der Waals surface area contributed by atoms with Crippen LogP contribution >= 0.6 is 0 Å². The first-order chi connectivity index (χ1) is 4.74. The smallest absolute Gasteiger partial charge is 0.0834 e. The van der Waals surface area contributed by atoms with Crippen molar-refractivity contribution in [3.63, 3.8) is 0 Å². The summed E-state index contributed by atoms with van der Waals surface area (Å²) in [4.78, 5) is 6.91. The zero-order valence-electron chi connectivity index (χ0n) is 6.71. The lowest BCUT2D eigenvalue weighted by atomic mass is 10.1. The van der Waals surface area contributed by atoms with Gasteiger partial charge in [0.15, 0.2) is 0 Å². The molecule has 10 heavy (non-hydrogen) atoms. The molecular weight excluding hydrogens is 128 g/mol. The lowest BCUT2D eigenvalue weighted by molar-refractivity contribution is 0.0870. The topological polar surface area (TPSA) is 38.5 Å². The third-order valence-corrected chi connectivity index (χ3v) is 2.19. The summed E-state index contributed by atoms with van der Waals surface area (Å²) in [6.07, 6.45) is 1.22. The summed E-state index contributed by atoms with van der Waals surface area (Å²) in [5.41, 5.74) is 0. The predicted octanol–water partition coefficient (Wildman–Crippen LogP) is 0.217. The summed E-state index contributed by atoms with van der Waals surface area (Å²) < 4.78 is 0. The van der Waals surface area contributed by atoms with E-state index in [1.165, 1.54) is 13.0 Å². The second-order valence-corrected chi connectivity index (χ2v) is 3.27. The molecule has 0 unspecified atom stereocenters. The summed E-state index contributed by atoms with van der Waals surface area (Å²) in [6.45, 7) is 4.10. The molecule has 0 aromatic heterocycles. The second-order valence-electron chi connectivity index (χ2n) is 3.27. The Morgan fingerprint density at radius 3 is 2.80 bits per heavy atom. The van der Waals surface area contributed by atoms with E-state index in [9.17, 15) is 0 Å². The van der Waals surface area contributed by atoms with E-state index in [-0.39, 0.29) is 0 Å². The van der Waals surface area contributed by atoms with Crippen LogP contribution in [0.3, 0.4) is 0 Å². The third-order valence-electron chi connectivity index (χ3n) is 2.19. The van der Waals surface area contributed by atoms with Gasteiger partial charge in [0.1, 0.15) is 0 Å². The van der Waals surface area contributed by atoms with E-state index in [4.69, 9.17) is 5.90 Å². The fourth-order valence-electron chi connectivity index (χ4n) is 1.67. The number of rotatable bonds is 2. The molecule has 0 amide bonds. The van der Waals surface area contributed by atoms with Crippen LogP contribution in [-0.2, 0) is 4.84 Å². The molecule has 0 aromatic carbocycles. The zero-order chi connectivity index (χ0) is 7.56. The average molecular weight is 144 g/mol. The molecule has 0 spiro atoms. The maximum absolute atomic E-state index is 4.99. The molecule has 2 atom stereocenters. The molecule has 0 aliphatic carbocycles. The predicted molar refractivity (Wildman–Crippen MR) is 40.3 cm³/mol. The number of nitrogens with two attached hydrogens (primary N) is 1. The summed E-state index contributed by atoms with van der Waals surface area (Å²) >= 11 is 0. The molecular formula is C7H16N2O. The maximum atomic E-state index is 4.99. The van der Waals surface area contributed by atoms with Crippen molar-refractivity contribution >= 4 is 0 Å². The minimum atomic E-state index is 0.542. The summed E-state index contributed by atoms with van der Waals surface area (Å²) in [6, 6.07) is 0.542. The average Bonchev–Trinajstić information content (AvgIpc) is 2.13. The molecule has 2 N–H and O–H groups in total. The van der Waals surface area contributed by atoms with Gasteiger partial charge in [-0.3, -0.25) is 0 Å². The van der Waals surface area contributed by atoms with Crippen LogP contribution in [-0.4, -0.2) is 31.1 Å². The second kappa shape index (κ2) is 3.32. The van der Waals surface area contributed by atoms with Gasteiger partial charge in [-0.1, -0.05) is 6.92 Å². The van der Waals surface area contributed by atoms with Gasteiger partial charge >= 0.3 is 0 Å². The van der Waals surface area contributed by atoms with Crippen LogP contribution in [0.5, 0.6) is 0 Å². The molecule has 1 aliphatic heterocycles. The molecule has 1 heterocycles. The zero-order valence-corrected chi connectivity index (χ0v) is 6.71. The first-order valence-electron chi connectivity index (χ1n) is 3.76. The van der Waals surface area contributed by atoms with Gasteiger partial charge in [-0.05, 0) is 19.4 Å². The molecule has 1 fully saturated rings. The highest BCUT2D eigenvalue weighted by atomic mass is 16.6. The standard InChI is InChI=1S/C7H16N2O/c1-6-3-7(5-10-8)9(2)4-6/h6-7H,3-5,8H2,1-2H3/t6-,7+/m0/s1. The Morgan fingerprint density at radius 1 is 1.70 bits per heavy atom. The number of hydrogen-bond donors (Lipinski definition) is 1. The highest BCUT2D eigenvalue weighted by Crippen LogP contribution is 2.20. The first kappa shape index (κ1) is 7.98. The van der Waals surface area contributed by atoms with Crippen molar-refractivity contribution < 1.29 is 4.84 Å². The van der Waals surface area contributed by atoms with Crippen molar-refractivity contribution in [3.05, 3.63) is 0 Å². The molecule has 0 bridgehead atoms. The normalized spacial score (nSPS) is 35.1. The molecule has 1 saturated heterocycles. The van der Waals surface area contributed by atoms with E-state index in [1.54, 1.807) is 0 Å². The van der Waals surface area contributed by atoms with Gasteiger partial charge in [0, 0.05) is 12.6 Å². The van der Waals surface area contributed by atoms with Crippen molar-refractivity contribution in [1.29, 1.82) is 0 Å². The van der Waals surface area contributed by atoms with Crippen LogP contribution < -0.4 is 5.90 Å². The minimum Gasteiger partial charge on any atom is -0.303 e. The van der Waals surface area contributed by atoms with Gasteiger partial charge in [-0.2, -0.15) is 0 Å². The van der Waals surface area contributed by atoms with Crippen molar-refractivity contribution in [1.82, 2.24) is 4.90 Å². The summed E-state index contributed by atoms with van der Waals surface area (Å²) in [5, 5.41) is 0. The van der Waals surface area contributed by atoms with Crippen molar-refractivity contribution in [2.75, 3.05) is 20.2 Å².